The molecule has 1 saturated heterocycles. The van der Waals surface area contributed by atoms with E-state index < -0.39 is 10.0 Å². The molecular weight excluding hydrogens is 338 g/mol. The van der Waals surface area contributed by atoms with E-state index >= 15 is 0 Å². The number of sulfonamides is 1. The second kappa shape index (κ2) is 9.12. The first kappa shape index (κ1) is 19.6. The van der Waals surface area contributed by atoms with Gasteiger partial charge in [-0.05, 0) is 56.6 Å². The minimum absolute atomic E-state index is 0.0308. The van der Waals surface area contributed by atoms with Crippen LogP contribution in [0.5, 0.6) is 0 Å². The molecule has 0 unspecified atom stereocenters. The summed E-state index contributed by atoms with van der Waals surface area (Å²) in [6.45, 7) is 8.28. The van der Waals surface area contributed by atoms with Crippen LogP contribution in [0.2, 0.25) is 0 Å². The smallest absolute Gasteiger partial charge is 0.254 e. The van der Waals surface area contributed by atoms with Crippen LogP contribution in [-0.2, 0) is 10.0 Å². The summed E-state index contributed by atoms with van der Waals surface area (Å²) in [5, 5.41) is 3.31. The highest BCUT2D eigenvalue weighted by Crippen LogP contribution is 2.18. The molecule has 7 heteroatoms. The molecule has 1 fully saturated rings. The summed E-state index contributed by atoms with van der Waals surface area (Å²) in [6.07, 6.45) is 4.28. The predicted octanol–water partition coefficient (Wildman–Crippen LogP) is 1.76. The van der Waals surface area contributed by atoms with E-state index in [1.54, 1.807) is 12.1 Å². The van der Waals surface area contributed by atoms with Gasteiger partial charge in [0.25, 0.3) is 5.91 Å². The third-order valence-electron chi connectivity index (χ3n) is 4.30. The zero-order valence-corrected chi connectivity index (χ0v) is 15.5. The first-order chi connectivity index (χ1) is 12.0. The van der Waals surface area contributed by atoms with Crippen LogP contribution < -0.4 is 10.0 Å². The number of carbonyl (C=O) groups is 1. The van der Waals surface area contributed by atoms with E-state index in [9.17, 15) is 13.2 Å². The highest BCUT2D eigenvalue weighted by Gasteiger charge is 2.25. The Labute approximate surface area is 150 Å². The zero-order valence-electron chi connectivity index (χ0n) is 14.7. The Bertz CT molecular complexity index is 680. The summed E-state index contributed by atoms with van der Waals surface area (Å²) in [7, 11) is -3.57. The maximum absolute atomic E-state index is 12.9. The molecule has 25 heavy (non-hydrogen) atoms. The molecule has 2 N–H and O–H groups in total. The fourth-order valence-corrected chi connectivity index (χ4v) is 4.00. The average Bonchev–Trinajstić information content (AvgIpc) is 2.65. The van der Waals surface area contributed by atoms with Crippen LogP contribution in [0.4, 0.5) is 0 Å². The van der Waals surface area contributed by atoms with E-state index in [2.05, 4.69) is 23.5 Å². The molecule has 0 atom stereocenters. The number of nitrogens with zero attached hydrogens (tertiary/aromatic N) is 1. The molecule has 1 aromatic carbocycles. The van der Waals surface area contributed by atoms with Gasteiger partial charge in [0, 0.05) is 24.7 Å². The van der Waals surface area contributed by atoms with Gasteiger partial charge in [-0.25, -0.2) is 13.1 Å². The van der Waals surface area contributed by atoms with Crippen molar-refractivity contribution in [2.45, 2.75) is 37.1 Å². The molecule has 1 heterocycles. The van der Waals surface area contributed by atoms with Crippen molar-refractivity contribution in [2.24, 2.45) is 0 Å². The molecule has 0 aromatic heterocycles. The van der Waals surface area contributed by atoms with Gasteiger partial charge in [-0.15, -0.1) is 6.58 Å². The van der Waals surface area contributed by atoms with Crippen molar-refractivity contribution >= 4 is 15.9 Å². The van der Waals surface area contributed by atoms with E-state index in [1.165, 1.54) is 18.2 Å². The monoisotopic (exact) mass is 365 g/mol. The highest BCUT2D eigenvalue weighted by molar-refractivity contribution is 7.89. The minimum atomic E-state index is -3.57. The molecule has 0 saturated carbocycles. The largest absolute Gasteiger partial charge is 0.336 e. The maximum Gasteiger partial charge on any atom is 0.254 e. The van der Waals surface area contributed by atoms with Gasteiger partial charge < -0.3 is 10.2 Å². The molecule has 1 amide bonds. The Morgan fingerprint density at radius 1 is 1.32 bits per heavy atom. The second-order valence-electron chi connectivity index (χ2n) is 6.14. The van der Waals surface area contributed by atoms with Gasteiger partial charge in [-0.3, -0.25) is 4.79 Å². The van der Waals surface area contributed by atoms with Crippen molar-refractivity contribution in [1.82, 2.24) is 14.9 Å². The summed E-state index contributed by atoms with van der Waals surface area (Å²) in [5.74, 6) is -0.0308. The molecule has 1 aliphatic heterocycles. The molecule has 1 aliphatic rings. The van der Waals surface area contributed by atoms with E-state index in [1.807, 2.05) is 4.90 Å². The lowest BCUT2D eigenvalue weighted by molar-refractivity contribution is 0.0642. The van der Waals surface area contributed by atoms with Gasteiger partial charge in [0.1, 0.15) is 0 Å². The Balaban J connectivity index is 2.15. The van der Waals surface area contributed by atoms with Crippen LogP contribution in [0.25, 0.3) is 0 Å². The number of benzene rings is 1. The van der Waals surface area contributed by atoms with Crippen LogP contribution in [0, 0.1) is 0 Å². The maximum atomic E-state index is 12.9. The highest BCUT2D eigenvalue weighted by atomic mass is 32.2. The number of piperidine rings is 1. The standard InChI is InChI=1S/C18H27N3O3S/c1-3-11-20-25(23,24)17-7-5-15(6-8-17)18(22)21(14-4-2)16-9-12-19-13-10-16/h3,5-8,16,19-20H,1,4,9-14H2,2H3. The number of amides is 1. The van der Waals surface area contributed by atoms with Crippen molar-refractivity contribution < 1.29 is 13.2 Å². The summed E-state index contributed by atoms with van der Waals surface area (Å²) < 4.78 is 26.6. The number of hydrogen-bond donors (Lipinski definition) is 2. The van der Waals surface area contributed by atoms with Crippen LogP contribution in [0.15, 0.2) is 41.8 Å². The Morgan fingerprint density at radius 3 is 2.52 bits per heavy atom. The van der Waals surface area contributed by atoms with Crippen molar-refractivity contribution in [3.63, 3.8) is 0 Å². The lowest BCUT2D eigenvalue weighted by Crippen LogP contribution is -2.46. The van der Waals surface area contributed by atoms with Crippen molar-refractivity contribution in [1.29, 1.82) is 0 Å². The fourth-order valence-electron chi connectivity index (χ4n) is 3.00. The van der Waals surface area contributed by atoms with E-state index in [0.29, 0.717) is 12.1 Å². The van der Waals surface area contributed by atoms with Crippen LogP contribution >= 0.6 is 0 Å². The summed E-state index contributed by atoms with van der Waals surface area (Å²) in [5.41, 5.74) is 0.523. The first-order valence-corrected chi connectivity index (χ1v) is 10.2. The van der Waals surface area contributed by atoms with Crippen molar-refractivity contribution in [3.8, 4) is 0 Å². The number of rotatable bonds is 8. The number of hydrogen-bond acceptors (Lipinski definition) is 4. The van der Waals surface area contributed by atoms with E-state index in [4.69, 9.17) is 0 Å². The molecule has 0 spiro atoms. The lowest BCUT2D eigenvalue weighted by Gasteiger charge is -2.34. The number of carbonyl (C=O) groups excluding carboxylic acids is 1. The fraction of sp³-hybridized carbons (Fsp3) is 0.500. The van der Waals surface area contributed by atoms with Gasteiger partial charge in [0.15, 0.2) is 0 Å². The Kier molecular flexibility index (Phi) is 7.16. The quantitative estimate of drug-likeness (QED) is 0.688. The first-order valence-electron chi connectivity index (χ1n) is 8.72. The van der Waals surface area contributed by atoms with Crippen LogP contribution in [0.1, 0.15) is 36.5 Å². The van der Waals surface area contributed by atoms with Crippen molar-refractivity contribution in [2.75, 3.05) is 26.2 Å². The Morgan fingerprint density at radius 2 is 1.96 bits per heavy atom. The van der Waals surface area contributed by atoms with Crippen LogP contribution in [-0.4, -0.2) is 51.4 Å². The van der Waals surface area contributed by atoms with Gasteiger partial charge in [0.2, 0.25) is 10.0 Å². The summed E-state index contributed by atoms with van der Waals surface area (Å²) >= 11 is 0. The lowest BCUT2D eigenvalue weighted by atomic mass is 10.0. The molecule has 0 bridgehead atoms. The minimum Gasteiger partial charge on any atom is -0.336 e. The molecular formula is C18H27N3O3S. The third-order valence-corrected chi connectivity index (χ3v) is 5.74. The third kappa shape index (κ3) is 5.14. The van der Waals surface area contributed by atoms with Gasteiger partial charge in [-0.1, -0.05) is 13.0 Å². The van der Waals surface area contributed by atoms with E-state index in [0.717, 1.165) is 32.4 Å². The summed E-state index contributed by atoms with van der Waals surface area (Å²) in [4.78, 5) is 15.0. The molecule has 6 nitrogen and oxygen atoms in total. The van der Waals surface area contributed by atoms with Crippen LogP contribution in [0.3, 0.4) is 0 Å². The number of nitrogens with one attached hydrogen (secondary N) is 2. The normalized spacial score (nSPS) is 15.7. The van der Waals surface area contributed by atoms with Gasteiger partial charge in [0.05, 0.1) is 4.90 Å². The topological polar surface area (TPSA) is 78.5 Å². The van der Waals surface area contributed by atoms with Crippen molar-refractivity contribution in [3.05, 3.63) is 42.5 Å². The van der Waals surface area contributed by atoms with Gasteiger partial charge in [-0.2, -0.15) is 0 Å². The van der Waals surface area contributed by atoms with Gasteiger partial charge >= 0.3 is 0 Å². The molecule has 0 aliphatic carbocycles. The zero-order chi connectivity index (χ0) is 18.3. The SMILES string of the molecule is C=CCNS(=O)(=O)c1ccc(C(=O)N(CCC)C2CCNCC2)cc1. The second-order valence-corrected chi connectivity index (χ2v) is 7.91. The van der Waals surface area contributed by atoms with E-state index in [-0.39, 0.29) is 23.4 Å². The molecule has 2 rings (SSSR count). The average molecular weight is 365 g/mol. The molecule has 0 radical (unpaired) electrons. The molecule has 1 aromatic rings. The Hall–Kier alpha value is -1.70. The summed E-state index contributed by atoms with van der Waals surface area (Å²) in [6, 6.07) is 6.38. The predicted molar refractivity (Wildman–Crippen MR) is 99.0 cm³/mol. The molecule has 138 valence electrons.